The van der Waals surface area contributed by atoms with Gasteiger partial charge in [-0.15, -0.1) is 10.2 Å². The molecule has 1 N–H and O–H groups in total. The third kappa shape index (κ3) is 5.33. The molecule has 1 aliphatic heterocycles. The van der Waals surface area contributed by atoms with E-state index in [-0.39, 0.29) is 12.0 Å². The number of pyridine rings is 1. The molecule has 30 heavy (non-hydrogen) atoms. The molecule has 0 saturated carbocycles. The zero-order valence-electron chi connectivity index (χ0n) is 16.5. The van der Waals surface area contributed by atoms with Crippen molar-refractivity contribution in [3.8, 4) is 0 Å². The van der Waals surface area contributed by atoms with Crippen molar-refractivity contribution in [2.45, 2.75) is 25.9 Å². The van der Waals surface area contributed by atoms with Crippen LogP contribution in [0.2, 0.25) is 5.02 Å². The first kappa shape index (κ1) is 20.7. The molecule has 2 aromatic heterocycles. The van der Waals surface area contributed by atoms with Gasteiger partial charge in [-0.05, 0) is 43.2 Å². The number of hydrogen-bond donors (Lipinski definition) is 1. The van der Waals surface area contributed by atoms with Crippen molar-refractivity contribution in [1.82, 2.24) is 20.1 Å². The van der Waals surface area contributed by atoms with E-state index in [0.717, 1.165) is 16.3 Å². The Morgan fingerprint density at radius 1 is 1.30 bits per heavy atom. The molecule has 1 saturated heterocycles. The van der Waals surface area contributed by atoms with Crippen LogP contribution in [-0.4, -0.2) is 45.7 Å². The van der Waals surface area contributed by atoms with Crippen molar-refractivity contribution >= 4 is 39.8 Å². The van der Waals surface area contributed by atoms with Crippen LogP contribution in [0, 0.1) is 6.92 Å². The average molecular weight is 444 g/mol. The minimum Gasteiger partial charge on any atom is -0.368 e. The summed E-state index contributed by atoms with van der Waals surface area (Å²) in [5.74, 6) is 0.790. The van der Waals surface area contributed by atoms with Crippen LogP contribution in [0.1, 0.15) is 28.8 Å². The molecule has 1 amide bonds. The monoisotopic (exact) mass is 443 g/mol. The van der Waals surface area contributed by atoms with Crippen molar-refractivity contribution in [3.63, 3.8) is 0 Å². The van der Waals surface area contributed by atoms with E-state index in [4.69, 9.17) is 16.3 Å². The molecule has 7 nitrogen and oxygen atoms in total. The summed E-state index contributed by atoms with van der Waals surface area (Å²) < 4.78 is 5.91. The van der Waals surface area contributed by atoms with Crippen LogP contribution in [0.3, 0.4) is 0 Å². The lowest BCUT2D eigenvalue weighted by Gasteiger charge is -2.33. The SMILES string of the molecule is Cc1nnc(Nc2cccc([C@@H]3CN(C(=O)CCc4cccc(Cl)c4)CCO3)n2)s1. The Hall–Kier alpha value is -2.55. The molecule has 0 radical (unpaired) electrons. The highest BCUT2D eigenvalue weighted by atomic mass is 35.5. The first-order valence-corrected chi connectivity index (χ1v) is 10.9. The molecule has 3 aromatic rings. The Morgan fingerprint density at radius 3 is 2.97 bits per heavy atom. The van der Waals surface area contributed by atoms with Crippen LogP contribution in [0.15, 0.2) is 42.5 Å². The summed E-state index contributed by atoms with van der Waals surface area (Å²) in [5.41, 5.74) is 1.85. The molecular weight excluding hydrogens is 422 g/mol. The van der Waals surface area contributed by atoms with Gasteiger partial charge in [0.25, 0.3) is 0 Å². The van der Waals surface area contributed by atoms with Crippen molar-refractivity contribution in [3.05, 3.63) is 63.8 Å². The smallest absolute Gasteiger partial charge is 0.223 e. The summed E-state index contributed by atoms with van der Waals surface area (Å²) in [7, 11) is 0. The highest BCUT2D eigenvalue weighted by Crippen LogP contribution is 2.24. The van der Waals surface area contributed by atoms with Gasteiger partial charge in [-0.1, -0.05) is 41.1 Å². The average Bonchev–Trinajstić information content (AvgIpc) is 3.17. The molecule has 3 heterocycles. The number of carbonyl (C=O) groups is 1. The third-order valence-electron chi connectivity index (χ3n) is 4.80. The minimum atomic E-state index is -0.258. The summed E-state index contributed by atoms with van der Waals surface area (Å²) in [6.07, 6.45) is 0.852. The number of carbonyl (C=O) groups excluding carboxylic acids is 1. The lowest BCUT2D eigenvalue weighted by Crippen LogP contribution is -2.42. The molecule has 0 unspecified atom stereocenters. The summed E-state index contributed by atoms with van der Waals surface area (Å²) >= 11 is 7.50. The Labute approximate surface area is 184 Å². The van der Waals surface area contributed by atoms with Crippen molar-refractivity contribution in [1.29, 1.82) is 0 Å². The molecule has 1 aliphatic rings. The number of rotatable bonds is 6. The molecular formula is C21H22ClN5O2S. The van der Waals surface area contributed by atoms with E-state index in [2.05, 4.69) is 20.5 Å². The van der Waals surface area contributed by atoms with Gasteiger partial charge in [-0.2, -0.15) is 0 Å². The van der Waals surface area contributed by atoms with Gasteiger partial charge in [-0.25, -0.2) is 4.98 Å². The van der Waals surface area contributed by atoms with Crippen LogP contribution >= 0.6 is 22.9 Å². The van der Waals surface area contributed by atoms with Gasteiger partial charge in [0, 0.05) is 18.0 Å². The van der Waals surface area contributed by atoms with Gasteiger partial charge >= 0.3 is 0 Å². The quantitative estimate of drug-likeness (QED) is 0.615. The lowest BCUT2D eigenvalue weighted by atomic mass is 10.1. The van der Waals surface area contributed by atoms with Crippen LogP contribution in [0.5, 0.6) is 0 Å². The summed E-state index contributed by atoms with van der Waals surface area (Å²) in [5, 5.41) is 13.5. The van der Waals surface area contributed by atoms with E-state index < -0.39 is 0 Å². The number of morpholine rings is 1. The maximum absolute atomic E-state index is 12.7. The first-order chi connectivity index (χ1) is 14.6. The highest BCUT2D eigenvalue weighted by molar-refractivity contribution is 7.15. The number of amides is 1. The van der Waals surface area contributed by atoms with Crippen LogP contribution < -0.4 is 5.32 Å². The number of benzene rings is 1. The van der Waals surface area contributed by atoms with E-state index >= 15 is 0 Å². The predicted molar refractivity (Wildman–Crippen MR) is 117 cm³/mol. The number of aryl methyl sites for hydroxylation is 2. The van der Waals surface area contributed by atoms with Crippen molar-refractivity contribution in [2.75, 3.05) is 25.0 Å². The topological polar surface area (TPSA) is 80.2 Å². The lowest BCUT2D eigenvalue weighted by molar-refractivity contribution is -0.139. The minimum absolute atomic E-state index is 0.113. The molecule has 0 bridgehead atoms. The number of nitrogens with one attached hydrogen (secondary N) is 1. The second kappa shape index (κ2) is 9.51. The van der Waals surface area contributed by atoms with Gasteiger partial charge in [0.15, 0.2) is 0 Å². The van der Waals surface area contributed by atoms with E-state index in [1.807, 2.05) is 54.3 Å². The Balaban J connectivity index is 1.37. The Morgan fingerprint density at radius 2 is 2.17 bits per heavy atom. The standard InChI is InChI=1S/C21H22ClN5O2S/c1-14-25-26-21(30-14)24-19-7-3-6-17(23-19)18-13-27(10-11-29-18)20(28)9-8-15-4-2-5-16(22)12-15/h2-7,12,18H,8-11,13H2,1H3,(H,23,24,26)/t18-/m0/s1. The molecule has 0 aliphatic carbocycles. The van der Waals surface area contributed by atoms with E-state index in [9.17, 15) is 4.79 Å². The van der Waals surface area contributed by atoms with Gasteiger partial charge in [0.05, 0.1) is 18.8 Å². The van der Waals surface area contributed by atoms with Crippen molar-refractivity contribution < 1.29 is 9.53 Å². The second-order valence-corrected chi connectivity index (χ2v) is 8.65. The fourth-order valence-electron chi connectivity index (χ4n) is 3.31. The van der Waals surface area contributed by atoms with Gasteiger partial charge in [-0.3, -0.25) is 4.79 Å². The van der Waals surface area contributed by atoms with E-state index in [0.29, 0.717) is 48.5 Å². The highest BCUT2D eigenvalue weighted by Gasteiger charge is 2.26. The summed E-state index contributed by atoms with van der Waals surface area (Å²) in [6.45, 7) is 3.47. The predicted octanol–water partition coefficient (Wildman–Crippen LogP) is 4.17. The maximum Gasteiger partial charge on any atom is 0.223 e. The second-order valence-electron chi connectivity index (χ2n) is 7.03. The summed E-state index contributed by atoms with van der Waals surface area (Å²) in [4.78, 5) is 19.2. The fourth-order valence-corrected chi connectivity index (χ4v) is 4.13. The zero-order valence-corrected chi connectivity index (χ0v) is 18.1. The molecule has 156 valence electrons. The fraction of sp³-hybridized carbons (Fsp3) is 0.333. The number of ether oxygens (including phenoxy) is 1. The molecule has 9 heteroatoms. The third-order valence-corrected chi connectivity index (χ3v) is 5.79. The summed E-state index contributed by atoms with van der Waals surface area (Å²) in [6, 6.07) is 13.3. The van der Waals surface area contributed by atoms with Gasteiger partial charge < -0.3 is 15.0 Å². The number of hydrogen-bond acceptors (Lipinski definition) is 7. The van der Waals surface area contributed by atoms with Crippen LogP contribution in [0.4, 0.5) is 10.9 Å². The number of aromatic nitrogens is 3. The molecule has 1 atom stereocenters. The number of halogens is 1. The van der Waals surface area contributed by atoms with Gasteiger partial charge in [0.2, 0.25) is 11.0 Å². The maximum atomic E-state index is 12.7. The van der Waals surface area contributed by atoms with E-state index in [1.165, 1.54) is 11.3 Å². The van der Waals surface area contributed by atoms with E-state index in [1.54, 1.807) is 0 Å². The molecule has 1 aromatic carbocycles. The molecule has 4 rings (SSSR count). The van der Waals surface area contributed by atoms with Crippen molar-refractivity contribution in [2.24, 2.45) is 0 Å². The molecule has 0 spiro atoms. The van der Waals surface area contributed by atoms with Crippen LogP contribution in [-0.2, 0) is 16.0 Å². The largest absolute Gasteiger partial charge is 0.368 e. The molecule has 1 fully saturated rings. The Bertz CT molecular complexity index is 1030. The normalized spacial score (nSPS) is 16.5. The first-order valence-electron chi connectivity index (χ1n) is 9.75. The number of nitrogens with zero attached hydrogens (tertiary/aromatic N) is 4. The zero-order chi connectivity index (χ0) is 20.9. The Kier molecular flexibility index (Phi) is 6.56. The number of anilines is 2. The van der Waals surface area contributed by atoms with Crippen LogP contribution in [0.25, 0.3) is 0 Å². The van der Waals surface area contributed by atoms with Gasteiger partial charge in [0.1, 0.15) is 16.9 Å².